The average Bonchev–Trinajstić information content (AvgIpc) is 2.51. The fourth-order valence-electron chi connectivity index (χ4n) is 3.06. The normalized spacial score (nSPS) is 11.2. The van der Waals surface area contributed by atoms with Crippen LogP contribution in [0.4, 0.5) is 0 Å². The van der Waals surface area contributed by atoms with Gasteiger partial charge >= 0.3 is 0 Å². The Morgan fingerprint density at radius 3 is 1.57 bits per heavy atom. The number of aldehydes is 2. The van der Waals surface area contributed by atoms with E-state index in [0.717, 1.165) is 23.7 Å². The van der Waals surface area contributed by atoms with E-state index in [1.165, 1.54) is 0 Å². The van der Waals surface area contributed by atoms with Crippen LogP contribution in [-0.4, -0.2) is 22.8 Å². The number of aromatic hydroxyl groups is 2. The summed E-state index contributed by atoms with van der Waals surface area (Å²) in [5.74, 6) is 0.138. The molecule has 0 saturated heterocycles. The number of hydrogen-bond acceptors (Lipinski definition) is 4. The Morgan fingerprint density at radius 1 is 0.826 bits per heavy atom. The second kappa shape index (κ2) is 6.65. The lowest BCUT2D eigenvalue weighted by molar-refractivity contribution is -0.108. The Bertz CT molecular complexity index is 671. The fraction of sp³-hybridized carbons (Fsp3) is 0.263. The van der Waals surface area contributed by atoms with Crippen molar-refractivity contribution in [1.29, 1.82) is 0 Å². The molecule has 0 aromatic heterocycles. The average molecular weight is 312 g/mol. The molecule has 2 rings (SSSR count). The third-order valence-electron chi connectivity index (χ3n) is 4.22. The predicted octanol–water partition coefficient (Wildman–Crippen LogP) is 2.91. The zero-order chi connectivity index (χ0) is 17.0. The third-order valence-corrected chi connectivity index (χ3v) is 4.22. The SMILES string of the molecule is CC(C)(c1cccc(O)c1CC=O)c1cccc(O)c1CC=O. The Kier molecular flexibility index (Phi) is 4.84. The van der Waals surface area contributed by atoms with Crippen molar-refractivity contribution in [1.82, 2.24) is 0 Å². The quantitative estimate of drug-likeness (QED) is 0.804. The fourth-order valence-corrected chi connectivity index (χ4v) is 3.06. The second-order valence-corrected chi connectivity index (χ2v) is 5.97. The van der Waals surface area contributed by atoms with E-state index in [4.69, 9.17) is 0 Å². The van der Waals surface area contributed by atoms with E-state index < -0.39 is 5.41 Å². The molecular weight excluding hydrogens is 292 g/mol. The van der Waals surface area contributed by atoms with Gasteiger partial charge in [-0.2, -0.15) is 0 Å². The Hall–Kier alpha value is -2.62. The van der Waals surface area contributed by atoms with Gasteiger partial charge in [0, 0.05) is 29.4 Å². The van der Waals surface area contributed by atoms with Gasteiger partial charge in [0.05, 0.1) is 0 Å². The highest BCUT2D eigenvalue weighted by Crippen LogP contribution is 2.40. The zero-order valence-corrected chi connectivity index (χ0v) is 13.2. The maximum atomic E-state index is 11.0. The molecule has 4 nitrogen and oxygen atoms in total. The van der Waals surface area contributed by atoms with Crippen LogP contribution in [0.3, 0.4) is 0 Å². The molecule has 2 N–H and O–H groups in total. The summed E-state index contributed by atoms with van der Waals surface area (Å²) in [6.45, 7) is 3.89. The van der Waals surface area contributed by atoms with E-state index >= 15 is 0 Å². The van der Waals surface area contributed by atoms with Crippen LogP contribution in [0.25, 0.3) is 0 Å². The summed E-state index contributed by atoms with van der Waals surface area (Å²) in [5.41, 5.74) is 2.12. The first-order valence-electron chi connectivity index (χ1n) is 7.43. The monoisotopic (exact) mass is 312 g/mol. The summed E-state index contributed by atoms with van der Waals surface area (Å²) in [6.07, 6.45) is 1.72. The van der Waals surface area contributed by atoms with Crippen LogP contribution >= 0.6 is 0 Å². The van der Waals surface area contributed by atoms with Crippen molar-refractivity contribution in [3.05, 3.63) is 58.7 Å². The van der Waals surface area contributed by atoms with E-state index in [-0.39, 0.29) is 24.3 Å². The highest BCUT2D eigenvalue weighted by atomic mass is 16.3. The Labute approximate surface area is 135 Å². The number of phenols is 2. The molecule has 0 saturated carbocycles. The van der Waals surface area contributed by atoms with Gasteiger partial charge in [-0.05, 0) is 23.3 Å². The number of rotatable bonds is 6. The lowest BCUT2D eigenvalue weighted by Gasteiger charge is -2.30. The van der Waals surface area contributed by atoms with Crippen molar-refractivity contribution in [2.75, 3.05) is 0 Å². The van der Waals surface area contributed by atoms with Crippen LogP contribution in [0.5, 0.6) is 11.5 Å². The van der Waals surface area contributed by atoms with Crippen molar-refractivity contribution < 1.29 is 19.8 Å². The molecular formula is C19H20O4. The van der Waals surface area contributed by atoms with E-state index in [1.807, 2.05) is 26.0 Å². The smallest absolute Gasteiger partial charge is 0.124 e. The lowest BCUT2D eigenvalue weighted by atomic mass is 9.73. The Balaban J connectivity index is 2.68. The van der Waals surface area contributed by atoms with Gasteiger partial charge in [0.15, 0.2) is 0 Å². The number of phenolic OH excluding ortho intramolecular Hbond substituents is 2. The van der Waals surface area contributed by atoms with Crippen LogP contribution in [0.1, 0.15) is 36.1 Å². The van der Waals surface area contributed by atoms with Crippen molar-refractivity contribution in [3.63, 3.8) is 0 Å². The van der Waals surface area contributed by atoms with Crippen LogP contribution in [0.15, 0.2) is 36.4 Å². The van der Waals surface area contributed by atoms with Crippen LogP contribution in [0.2, 0.25) is 0 Å². The molecule has 0 fully saturated rings. The molecule has 0 heterocycles. The minimum absolute atomic E-state index is 0.0692. The molecule has 4 heteroatoms. The molecule has 0 aliphatic carbocycles. The van der Waals surface area contributed by atoms with Crippen LogP contribution in [-0.2, 0) is 27.8 Å². The van der Waals surface area contributed by atoms with Gasteiger partial charge in [0.2, 0.25) is 0 Å². The number of benzene rings is 2. The summed E-state index contributed by atoms with van der Waals surface area (Å²) in [5, 5.41) is 20.2. The van der Waals surface area contributed by atoms with Gasteiger partial charge in [0.1, 0.15) is 24.1 Å². The second-order valence-electron chi connectivity index (χ2n) is 5.97. The summed E-state index contributed by atoms with van der Waals surface area (Å²) in [4.78, 5) is 21.9. The highest BCUT2D eigenvalue weighted by Gasteiger charge is 2.30. The molecule has 2 aromatic rings. The number of carbonyl (C=O) groups excluding carboxylic acids is 2. The molecule has 0 aliphatic heterocycles. The molecule has 0 bridgehead atoms. The predicted molar refractivity (Wildman–Crippen MR) is 87.9 cm³/mol. The largest absolute Gasteiger partial charge is 0.508 e. The Morgan fingerprint density at radius 2 is 1.22 bits per heavy atom. The molecule has 120 valence electrons. The van der Waals surface area contributed by atoms with Gasteiger partial charge in [-0.3, -0.25) is 0 Å². The molecule has 0 spiro atoms. The maximum Gasteiger partial charge on any atom is 0.124 e. The van der Waals surface area contributed by atoms with Gasteiger partial charge in [-0.1, -0.05) is 38.1 Å². The van der Waals surface area contributed by atoms with Crippen LogP contribution < -0.4 is 0 Å². The van der Waals surface area contributed by atoms with Crippen molar-refractivity contribution >= 4 is 12.6 Å². The van der Waals surface area contributed by atoms with E-state index in [0.29, 0.717) is 11.1 Å². The summed E-state index contributed by atoms with van der Waals surface area (Å²) in [7, 11) is 0. The minimum Gasteiger partial charge on any atom is -0.508 e. The topological polar surface area (TPSA) is 74.6 Å². The van der Waals surface area contributed by atoms with Gasteiger partial charge in [0.25, 0.3) is 0 Å². The van der Waals surface area contributed by atoms with E-state index in [2.05, 4.69) is 0 Å². The van der Waals surface area contributed by atoms with Gasteiger partial charge < -0.3 is 19.8 Å². The van der Waals surface area contributed by atoms with Crippen molar-refractivity contribution in [2.24, 2.45) is 0 Å². The summed E-state index contributed by atoms with van der Waals surface area (Å²) >= 11 is 0. The molecule has 0 aliphatic rings. The number of carbonyl (C=O) groups is 2. The summed E-state index contributed by atoms with van der Waals surface area (Å²) in [6, 6.07) is 10.3. The molecule has 0 amide bonds. The first kappa shape index (κ1) is 16.7. The maximum absolute atomic E-state index is 11.0. The van der Waals surface area contributed by atoms with Crippen molar-refractivity contribution in [2.45, 2.75) is 32.1 Å². The number of hydrogen-bond donors (Lipinski definition) is 2. The first-order valence-corrected chi connectivity index (χ1v) is 7.43. The molecule has 0 atom stereocenters. The highest BCUT2D eigenvalue weighted by molar-refractivity contribution is 5.64. The minimum atomic E-state index is -0.589. The third kappa shape index (κ3) is 3.11. The lowest BCUT2D eigenvalue weighted by Crippen LogP contribution is -2.23. The molecule has 0 unspecified atom stereocenters. The van der Waals surface area contributed by atoms with E-state index in [1.54, 1.807) is 24.3 Å². The zero-order valence-electron chi connectivity index (χ0n) is 13.2. The van der Waals surface area contributed by atoms with Crippen LogP contribution in [0, 0.1) is 0 Å². The van der Waals surface area contributed by atoms with Gasteiger partial charge in [-0.25, -0.2) is 0 Å². The molecule has 23 heavy (non-hydrogen) atoms. The van der Waals surface area contributed by atoms with Crippen molar-refractivity contribution in [3.8, 4) is 11.5 Å². The first-order chi connectivity index (χ1) is 10.9. The molecule has 0 radical (unpaired) electrons. The standard InChI is InChI=1S/C19H20O4/c1-19(2,15-5-3-7-17(22)13(15)9-11-20)16-6-4-8-18(23)14(16)10-12-21/h3-8,11-12,22-23H,9-10H2,1-2H3. The van der Waals surface area contributed by atoms with E-state index in [9.17, 15) is 19.8 Å². The van der Waals surface area contributed by atoms with Gasteiger partial charge in [-0.15, -0.1) is 0 Å². The summed E-state index contributed by atoms with van der Waals surface area (Å²) < 4.78 is 0. The molecule has 2 aromatic carbocycles.